The van der Waals surface area contributed by atoms with E-state index in [4.69, 9.17) is 15.7 Å². The van der Waals surface area contributed by atoms with E-state index in [1.54, 1.807) is 0 Å². The van der Waals surface area contributed by atoms with E-state index in [1.165, 1.54) is 28.8 Å². The number of hydrogen-bond donors (Lipinski definition) is 3. The van der Waals surface area contributed by atoms with E-state index in [0.717, 1.165) is 4.57 Å². The fourth-order valence-electron chi connectivity index (χ4n) is 3.46. The number of rotatable bonds is 9. The Morgan fingerprint density at radius 1 is 1.09 bits per heavy atom. The minimum atomic E-state index is -1.92. The molecule has 1 aliphatic rings. The number of ether oxygens (including phenoxy) is 1. The highest BCUT2D eigenvalue weighted by Crippen LogP contribution is 2.29. The van der Waals surface area contributed by atoms with Gasteiger partial charge in [-0.2, -0.15) is 0 Å². The fourth-order valence-corrected chi connectivity index (χ4v) is 3.46. The van der Waals surface area contributed by atoms with Crippen molar-refractivity contribution in [1.82, 2.24) is 14.6 Å². The quantitative estimate of drug-likeness (QED) is 0.237. The summed E-state index contributed by atoms with van der Waals surface area (Å²) < 4.78 is 7.54. The Morgan fingerprint density at radius 2 is 1.72 bits per heavy atom. The van der Waals surface area contributed by atoms with Gasteiger partial charge in [-0.05, 0) is 25.0 Å². The van der Waals surface area contributed by atoms with E-state index in [0.29, 0.717) is 12.8 Å². The minimum Gasteiger partial charge on any atom is -0.482 e. The van der Waals surface area contributed by atoms with Gasteiger partial charge in [0.1, 0.15) is 5.75 Å². The molecule has 1 aromatic carbocycles. The molecular weight excluding hydrogens is 420 g/mol. The Hall–Kier alpha value is -3.80. The number of hydrazine groups is 1. The molecule has 0 spiro atoms. The number of carbonyl (C=O) groups is 2. The number of benzene rings is 1. The van der Waals surface area contributed by atoms with Gasteiger partial charge in [-0.3, -0.25) is 24.1 Å². The van der Waals surface area contributed by atoms with Crippen molar-refractivity contribution >= 4 is 11.9 Å². The summed E-state index contributed by atoms with van der Waals surface area (Å²) in [6, 6.07) is 5.84. The van der Waals surface area contributed by atoms with Gasteiger partial charge in [-0.15, -0.1) is 0 Å². The van der Waals surface area contributed by atoms with Crippen LogP contribution in [0.15, 0.2) is 43.8 Å². The Labute approximate surface area is 181 Å². The van der Waals surface area contributed by atoms with Crippen molar-refractivity contribution in [1.29, 1.82) is 0 Å². The summed E-state index contributed by atoms with van der Waals surface area (Å²) in [5.74, 6) is 3.72. The van der Waals surface area contributed by atoms with Crippen molar-refractivity contribution in [3.8, 4) is 5.75 Å². The van der Waals surface area contributed by atoms with Crippen LogP contribution in [-0.4, -0.2) is 32.7 Å². The lowest BCUT2D eigenvalue weighted by atomic mass is 10.00. The SMILES string of the molecule is CCCn1c(=O)c2c(n(CCC)c1=O)=NC(C(=O)NN)(c1ccc(OCC(=O)O)cc1)N=2. The van der Waals surface area contributed by atoms with E-state index < -0.39 is 35.4 Å². The molecule has 3 rings (SSSR count). The number of hydrogen-bond acceptors (Lipinski definition) is 8. The molecule has 32 heavy (non-hydrogen) atoms. The first-order chi connectivity index (χ1) is 15.3. The second kappa shape index (κ2) is 9.14. The number of nitrogens with two attached hydrogens (primary N) is 1. The summed E-state index contributed by atoms with van der Waals surface area (Å²) >= 11 is 0. The molecule has 1 aromatic heterocycles. The van der Waals surface area contributed by atoms with Crippen LogP contribution in [0.4, 0.5) is 0 Å². The third-order valence-corrected chi connectivity index (χ3v) is 4.88. The number of aliphatic carboxylic acids is 1. The number of nitrogens with one attached hydrogen (secondary N) is 1. The van der Waals surface area contributed by atoms with Crippen LogP contribution in [0.3, 0.4) is 0 Å². The highest BCUT2D eigenvalue weighted by molar-refractivity contribution is 5.87. The molecule has 0 radical (unpaired) electrons. The van der Waals surface area contributed by atoms with Gasteiger partial charge in [0, 0.05) is 18.7 Å². The van der Waals surface area contributed by atoms with Gasteiger partial charge in [0.05, 0.1) is 0 Å². The number of carboxylic acids is 1. The maximum Gasteiger partial charge on any atom is 0.341 e. The largest absolute Gasteiger partial charge is 0.482 e. The van der Waals surface area contributed by atoms with Gasteiger partial charge in [0.25, 0.3) is 17.1 Å². The Kier molecular flexibility index (Phi) is 6.53. The Morgan fingerprint density at radius 3 is 2.28 bits per heavy atom. The van der Waals surface area contributed by atoms with Crippen LogP contribution in [-0.2, 0) is 28.3 Å². The highest BCUT2D eigenvalue weighted by Gasteiger charge is 2.43. The van der Waals surface area contributed by atoms with Gasteiger partial charge >= 0.3 is 11.7 Å². The molecule has 1 aliphatic heterocycles. The highest BCUT2D eigenvalue weighted by atomic mass is 16.5. The molecule has 0 saturated carbocycles. The number of fused-ring (bicyclic) bond motifs is 1. The lowest BCUT2D eigenvalue weighted by molar-refractivity contribution is -0.139. The smallest absolute Gasteiger partial charge is 0.341 e. The maximum atomic E-state index is 13.0. The summed E-state index contributed by atoms with van der Waals surface area (Å²) in [7, 11) is 0. The van der Waals surface area contributed by atoms with Crippen molar-refractivity contribution in [2.45, 2.75) is 45.4 Å². The van der Waals surface area contributed by atoms with Crippen LogP contribution in [0.1, 0.15) is 32.3 Å². The van der Waals surface area contributed by atoms with Gasteiger partial charge in [0.15, 0.2) is 17.5 Å². The predicted molar refractivity (Wildman–Crippen MR) is 111 cm³/mol. The topological polar surface area (TPSA) is 170 Å². The van der Waals surface area contributed by atoms with Crippen molar-refractivity contribution in [3.05, 3.63) is 61.5 Å². The number of amides is 1. The summed E-state index contributed by atoms with van der Waals surface area (Å²) in [6.45, 7) is 3.66. The molecule has 2 aromatic rings. The van der Waals surface area contributed by atoms with E-state index in [1.807, 2.05) is 19.3 Å². The minimum absolute atomic E-state index is 0.0176. The van der Waals surface area contributed by atoms with Crippen molar-refractivity contribution in [3.63, 3.8) is 0 Å². The molecule has 0 saturated heterocycles. The normalized spacial score (nSPS) is 16.6. The molecule has 0 aliphatic carbocycles. The Balaban J connectivity index is 2.25. The second-order valence-electron chi connectivity index (χ2n) is 7.14. The molecule has 0 bridgehead atoms. The van der Waals surface area contributed by atoms with Crippen molar-refractivity contribution in [2.75, 3.05) is 6.61 Å². The van der Waals surface area contributed by atoms with Gasteiger partial charge in [-0.25, -0.2) is 25.4 Å². The number of carbonyl (C=O) groups excluding carboxylic acids is 1. The summed E-state index contributed by atoms with van der Waals surface area (Å²) in [5.41, 5.74) is -0.759. The number of carboxylic acid groups (broad SMARTS) is 1. The maximum absolute atomic E-state index is 13.0. The summed E-state index contributed by atoms with van der Waals surface area (Å²) in [4.78, 5) is 58.3. The zero-order chi connectivity index (χ0) is 23.5. The van der Waals surface area contributed by atoms with Crippen LogP contribution >= 0.6 is 0 Å². The fraction of sp³-hybridized carbons (Fsp3) is 0.400. The molecule has 12 heteroatoms. The molecule has 1 atom stereocenters. The molecule has 12 nitrogen and oxygen atoms in total. The Bertz CT molecular complexity index is 1280. The standard InChI is InChI=1S/C20H24N6O6/c1-3-9-25-16-15(17(29)26(10-4-2)19(25)31)22-20(23-16,18(30)24-21)12-5-7-13(8-6-12)32-11-14(27)28/h5-8H,3-4,9-11,21H2,1-2H3,(H,24,30)(H,27,28). The van der Waals surface area contributed by atoms with E-state index in [9.17, 15) is 19.2 Å². The van der Waals surface area contributed by atoms with E-state index >= 15 is 0 Å². The third-order valence-electron chi connectivity index (χ3n) is 4.88. The average Bonchev–Trinajstić information content (AvgIpc) is 3.20. The van der Waals surface area contributed by atoms with Crippen molar-refractivity contribution in [2.24, 2.45) is 15.8 Å². The van der Waals surface area contributed by atoms with E-state index in [-0.39, 0.29) is 35.2 Å². The second-order valence-corrected chi connectivity index (χ2v) is 7.14. The molecule has 1 unspecified atom stereocenters. The average molecular weight is 444 g/mol. The van der Waals surface area contributed by atoms with E-state index in [2.05, 4.69) is 9.98 Å². The predicted octanol–water partition coefficient (Wildman–Crippen LogP) is -1.61. The first-order valence-electron chi connectivity index (χ1n) is 10.1. The lowest BCUT2D eigenvalue weighted by Crippen LogP contribution is -2.57. The van der Waals surface area contributed by atoms with Crippen LogP contribution in [0, 0.1) is 0 Å². The van der Waals surface area contributed by atoms with Crippen LogP contribution < -0.4 is 38.1 Å². The van der Waals surface area contributed by atoms with Crippen LogP contribution in [0.5, 0.6) is 5.75 Å². The zero-order valence-corrected chi connectivity index (χ0v) is 17.7. The van der Waals surface area contributed by atoms with Crippen LogP contribution in [0.2, 0.25) is 0 Å². The molecule has 2 heterocycles. The van der Waals surface area contributed by atoms with Crippen molar-refractivity contribution < 1.29 is 19.4 Å². The third kappa shape index (κ3) is 3.91. The monoisotopic (exact) mass is 444 g/mol. The zero-order valence-electron chi connectivity index (χ0n) is 17.7. The van der Waals surface area contributed by atoms with Crippen LogP contribution in [0.25, 0.3) is 0 Å². The lowest BCUT2D eigenvalue weighted by Gasteiger charge is -2.21. The molecule has 0 fully saturated rings. The molecular formula is C20H24N6O6. The van der Waals surface area contributed by atoms with Gasteiger partial charge < -0.3 is 9.84 Å². The van der Waals surface area contributed by atoms with Gasteiger partial charge in [0.2, 0.25) is 0 Å². The van der Waals surface area contributed by atoms with Gasteiger partial charge in [-0.1, -0.05) is 26.0 Å². The number of nitrogens with zero attached hydrogens (tertiary/aromatic N) is 4. The summed E-state index contributed by atoms with van der Waals surface area (Å²) in [5, 5.41) is 8.65. The summed E-state index contributed by atoms with van der Waals surface area (Å²) in [6.07, 6.45) is 1.15. The first-order valence-corrected chi connectivity index (χ1v) is 10.1. The first kappa shape index (κ1) is 22.9. The molecule has 4 N–H and O–H groups in total. The molecule has 170 valence electrons. The molecule has 1 amide bonds. The number of aromatic nitrogens is 2.